The van der Waals surface area contributed by atoms with Crippen LogP contribution in [0.1, 0.15) is 34.6 Å². The summed E-state index contributed by atoms with van der Waals surface area (Å²) in [6.07, 6.45) is -1.43. The third kappa shape index (κ3) is 8.20. The summed E-state index contributed by atoms with van der Waals surface area (Å²) in [4.78, 5) is 12.1. The summed E-state index contributed by atoms with van der Waals surface area (Å²) in [6, 6.07) is 7.09. The molecule has 0 saturated heterocycles. The average molecular weight is 416 g/mol. The third-order valence-electron chi connectivity index (χ3n) is 3.05. The minimum absolute atomic E-state index is 0.135. The molecule has 0 bridgehead atoms. The zero-order valence-electron chi connectivity index (χ0n) is 16.5. The maximum absolute atomic E-state index is 13.4. The van der Waals surface area contributed by atoms with Crippen molar-refractivity contribution in [3.05, 3.63) is 36.4 Å². The largest absolute Gasteiger partial charge is 0.460 e. The highest BCUT2D eigenvalue weighted by atomic mass is 32.2. The summed E-state index contributed by atoms with van der Waals surface area (Å²) in [5, 5.41) is 10.5. The van der Waals surface area contributed by atoms with E-state index in [-0.39, 0.29) is 30.1 Å². The summed E-state index contributed by atoms with van der Waals surface area (Å²) in [6.45, 7) is 12.1. The van der Waals surface area contributed by atoms with Crippen molar-refractivity contribution in [1.29, 1.82) is 0 Å². The van der Waals surface area contributed by atoms with Crippen molar-refractivity contribution in [3.63, 3.8) is 0 Å². The quantitative estimate of drug-likeness (QED) is 0.253. The highest BCUT2D eigenvalue weighted by molar-refractivity contribution is 7.99. The lowest BCUT2D eigenvalue weighted by Crippen LogP contribution is -2.22. The van der Waals surface area contributed by atoms with Crippen LogP contribution in [0.15, 0.2) is 41.3 Å². The van der Waals surface area contributed by atoms with E-state index in [1.807, 2.05) is 6.07 Å². The first-order valence-corrected chi connectivity index (χ1v) is 11.3. The van der Waals surface area contributed by atoms with E-state index in [4.69, 9.17) is 13.8 Å². The molecule has 27 heavy (non-hydrogen) atoms. The lowest BCUT2D eigenvalue weighted by atomic mass is 10.3. The summed E-state index contributed by atoms with van der Waals surface area (Å²) in [7, 11) is -3.53. The van der Waals surface area contributed by atoms with Gasteiger partial charge in [-0.2, -0.15) is 0 Å². The highest BCUT2D eigenvalue weighted by Crippen LogP contribution is 2.51. The Morgan fingerprint density at radius 1 is 1.19 bits per heavy atom. The van der Waals surface area contributed by atoms with Crippen molar-refractivity contribution in [2.75, 3.05) is 12.4 Å². The number of aliphatic hydroxyl groups excluding tert-OH is 1. The van der Waals surface area contributed by atoms with Gasteiger partial charge in [-0.15, -0.1) is 11.8 Å². The van der Waals surface area contributed by atoms with Crippen LogP contribution in [0, 0.1) is 0 Å². The Balaban J connectivity index is 2.89. The van der Waals surface area contributed by atoms with Crippen LogP contribution in [-0.4, -0.2) is 41.7 Å². The van der Waals surface area contributed by atoms with Gasteiger partial charge >= 0.3 is 13.6 Å². The Hall–Kier alpha value is -1.11. The highest BCUT2D eigenvalue weighted by Gasteiger charge is 2.33. The molecule has 0 saturated carbocycles. The zero-order chi connectivity index (χ0) is 20.6. The normalized spacial score (nSPS) is 13.0. The van der Waals surface area contributed by atoms with Crippen LogP contribution in [-0.2, 0) is 23.1 Å². The van der Waals surface area contributed by atoms with Crippen LogP contribution in [0.4, 0.5) is 0 Å². The van der Waals surface area contributed by atoms with Gasteiger partial charge in [0.2, 0.25) is 0 Å². The van der Waals surface area contributed by atoms with Gasteiger partial charge in [-0.3, -0.25) is 4.57 Å². The van der Waals surface area contributed by atoms with Crippen LogP contribution in [0.2, 0.25) is 0 Å². The Labute approximate surface area is 165 Å². The van der Waals surface area contributed by atoms with E-state index >= 15 is 0 Å². The van der Waals surface area contributed by atoms with Crippen LogP contribution >= 0.6 is 19.4 Å². The molecule has 0 fully saturated rings. The molecule has 0 aliphatic rings. The molecule has 0 amide bonds. The van der Waals surface area contributed by atoms with Crippen molar-refractivity contribution in [3.8, 4) is 0 Å². The van der Waals surface area contributed by atoms with Gasteiger partial charge in [0.15, 0.2) is 0 Å². The molecule has 1 aromatic rings. The van der Waals surface area contributed by atoms with Crippen molar-refractivity contribution in [2.24, 2.45) is 0 Å². The minimum Gasteiger partial charge on any atom is -0.460 e. The van der Waals surface area contributed by atoms with E-state index in [1.165, 1.54) is 11.8 Å². The lowest BCUT2D eigenvalue weighted by Gasteiger charge is -2.24. The number of aliphatic hydroxyl groups is 1. The van der Waals surface area contributed by atoms with Gasteiger partial charge in [0.25, 0.3) is 0 Å². The fourth-order valence-electron chi connectivity index (χ4n) is 2.03. The molecule has 1 rings (SSSR count). The van der Waals surface area contributed by atoms with E-state index in [9.17, 15) is 14.5 Å². The molecule has 1 unspecified atom stereocenters. The van der Waals surface area contributed by atoms with Crippen molar-refractivity contribution in [2.45, 2.75) is 57.8 Å². The van der Waals surface area contributed by atoms with E-state index in [2.05, 4.69) is 6.58 Å². The van der Waals surface area contributed by atoms with E-state index in [0.717, 1.165) is 0 Å². The summed E-state index contributed by atoms with van der Waals surface area (Å²) < 4.78 is 29.7. The number of carbonyl (C=O) groups is 1. The van der Waals surface area contributed by atoms with Crippen molar-refractivity contribution in [1.82, 2.24) is 0 Å². The van der Waals surface area contributed by atoms with Gasteiger partial charge < -0.3 is 18.9 Å². The number of hydrogen-bond donors (Lipinski definition) is 1. The second-order valence-electron chi connectivity index (χ2n) is 6.62. The molecular formula is C19H29O6PS. The lowest BCUT2D eigenvalue weighted by molar-refractivity contribution is -0.141. The maximum atomic E-state index is 13.4. The SMILES string of the molecule is C=C(C)C(=O)OCC(O)CSc1ccccc1P(=O)(OC(C)C)OC(C)C. The topological polar surface area (TPSA) is 82.1 Å². The summed E-state index contributed by atoms with van der Waals surface area (Å²) in [5.74, 6) is -0.288. The maximum Gasteiger partial charge on any atom is 0.362 e. The first-order chi connectivity index (χ1) is 12.5. The van der Waals surface area contributed by atoms with Crippen LogP contribution in [0.5, 0.6) is 0 Å². The molecule has 0 aliphatic carbocycles. The fraction of sp³-hybridized carbons (Fsp3) is 0.526. The van der Waals surface area contributed by atoms with Gasteiger partial charge in [-0.05, 0) is 46.8 Å². The molecule has 0 heterocycles. The predicted molar refractivity (Wildman–Crippen MR) is 109 cm³/mol. The molecule has 1 atom stereocenters. The van der Waals surface area contributed by atoms with Crippen LogP contribution in [0.25, 0.3) is 0 Å². The van der Waals surface area contributed by atoms with Gasteiger partial charge in [0.1, 0.15) is 6.61 Å². The molecular weight excluding hydrogens is 387 g/mol. The Kier molecular flexibility index (Phi) is 9.77. The Bertz CT molecular complexity index is 675. The Morgan fingerprint density at radius 2 is 1.74 bits per heavy atom. The van der Waals surface area contributed by atoms with Crippen LogP contribution in [0.3, 0.4) is 0 Å². The molecule has 0 radical (unpaired) electrons. The summed E-state index contributed by atoms with van der Waals surface area (Å²) in [5.41, 5.74) is 0.276. The Morgan fingerprint density at radius 3 is 2.26 bits per heavy atom. The molecule has 152 valence electrons. The van der Waals surface area contributed by atoms with Crippen LogP contribution < -0.4 is 5.30 Å². The molecule has 0 aliphatic heterocycles. The number of ether oxygens (including phenoxy) is 1. The molecule has 8 heteroatoms. The smallest absolute Gasteiger partial charge is 0.362 e. The van der Waals surface area contributed by atoms with Gasteiger partial charge in [0, 0.05) is 16.2 Å². The number of esters is 1. The molecule has 1 N–H and O–H groups in total. The van der Waals surface area contributed by atoms with Crippen molar-refractivity contribution >= 4 is 30.6 Å². The number of carbonyl (C=O) groups excluding carboxylic acids is 1. The second kappa shape index (κ2) is 11.0. The minimum atomic E-state index is -3.53. The first kappa shape index (κ1) is 23.9. The zero-order valence-corrected chi connectivity index (χ0v) is 18.2. The number of thioether (sulfide) groups is 1. The predicted octanol–water partition coefficient (Wildman–Crippen LogP) is 3.93. The number of benzene rings is 1. The monoisotopic (exact) mass is 416 g/mol. The van der Waals surface area contributed by atoms with E-state index in [0.29, 0.717) is 10.2 Å². The molecule has 1 aromatic carbocycles. The molecule has 6 nitrogen and oxygen atoms in total. The third-order valence-corrected chi connectivity index (χ3v) is 6.79. The molecule has 0 spiro atoms. The van der Waals surface area contributed by atoms with Gasteiger partial charge in [-0.25, -0.2) is 4.79 Å². The van der Waals surface area contributed by atoms with Gasteiger partial charge in [0.05, 0.1) is 23.6 Å². The van der Waals surface area contributed by atoms with Crippen molar-refractivity contribution < 1.29 is 28.3 Å². The van der Waals surface area contributed by atoms with E-state index < -0.39 is 19.7 Å². The van der Waals surface area contributed by atoms with Gasteiger partial charge in [-0.1, -0.05) is 18.7 Å². The number of hydrogen-bond acceptors (Lipinski definition) is 7. The van der Waals surface area contributed by atoms with E-state index in [1.54, 1.807) is 52.8 Å². The fourth-order valence-corrected chi connectivity index (χ4v) is 5.42. The molecule has 0 aromatic heterocycles. The standard InChI is InChI=1S/C19H29O6PS/c1-13(2)19(21)23-11-16(20)12-27-18-10-8-7-9-17(18)26(22,24-14(3)4)25-15(5)6/h7-10,14-16,20H,1,11-12H2,2-6H3. The second-order valence-corrected chi connectivity index (χ2v) is 9.58. The average Bonchev–Trinajstić information content (AvgIpc) is 2.56. The summed E-state index contributed by atoms with van der Waals surface area (Å²) >= 11 is 1.30. The first-order valence-electron chi connectivity index (χ1n) is 8.75. The number of rotatable bonds is 11.